The number of amides is 2. The Kier molecular flexibility index (Phi) is 8.59. The third-order valence-corrected chi connectivity index (χ3v) is 4.96. The molecule has 1 fully saturated rings. The van der Waals surface area contributed by atoms with E-state index in [-0.39, 0.29) is 0 Å². The van der Waals surface area contributed by atoms with Gasteiger partial charge < -0.3 is 5.73 Å². The summed E-state index contributed by atoms with van der Waals surface area (Å²) >= 11 is 0. The molecule has 0 saturated heterocycles. The van der Waals surface area contributed by atoms with Crippen LogP contribution in [0.1, 0.15) is 60.3 Å². The van der Waals surface area contributed by atoms with E-state index in [1.54, 1.807) is 17.0 Å². The molecule has 150 valence electrons. The molecule has 3 rings (SSSR count). The van der Waals surface area contributed by atoms with E-state index in [1.807, 2.05) is 38.2 Å². The minimum atomic E-state index is -0.483. The highest BCUT2D eigenvalue weighted by Gasteiger charge is 2.15. The van der Waals surface area contributed by atoms with E-state index >= 15 is 0 Å². The molecule has 0 bridgehead atoms. The van der Waals surface area contributed by atoms with Crippen molar-refractivity contribution < 1.29 is 9.59 Å². The Balaban J connectivity index is 0.000000237. The van der Waals surface area contributed by atoms with Crippen LogP contribution < -0.4 is 10.6 Å². The van der Waals surface area contributed by atoms with E-state index in [4.69, 9.17) is 5.73 Å². The van der Waals surface area contributed by atoms with E-state index in [0.29, 0.717) is 5.69 Å². The molecule has 2 aromatic heterocycles. The third kappa shape index (κ3) is 7.10. The number of pyridine rings is 2. The van der Waals surface area contributed by atoms with Gasteiger partial charge in [0.15, 0.2) is 0 Å². The maximum atomic E-state index is 11.1. The van der Waals surface area contributed by atoms with Crippen molar-refractivity contribution in [1.82, 2.24) is 9.97 Å². The van der Waals surface area contributed by atoms with Gasteiger partial charge in [0, 0.05) is 18.4 Å². The maximum absolute atomic E-state index is 11.1. The molecule has 1 saturated carbocycles. The number of aromatic nitrogens is 2. The van der Waals surface area contributed by atoms with Crippen molar-refractivity contribution >= 4 is 18.1 Å². The first-order valence-electron chi connectivity index (χ1n) is 9.87. The Morgan fingerprint density at radius 3 is 2.46 bits per heavy atom. The van der Waals surface area contributed by atoms with Crippen LogP contribution in [0.2, 0.25) is 0 Å². The quantitative estimate of drug-likeness (QED) is 0.769. The standard InChI is InChI=1S/C15H22N2O.C7H8N2O/c1-13-7-8-15(16-11-13)17(12-18)10-9-14-5-3-2-4-6-14;1-5-3-2-4-6(9-5)7(8)10/h7-8,11-12,14H,2-6,9-10H2,1H3;2-4H,1H3,(H2,8,10). The molecule has 2 heterocycles. The van der Waals surface area contributed by atoms with Gasteiger partial charge in [-0.3, -0.25) is 14.5 Å². The first-order valence-corrected chi connectivity index (χ1v) is 9.87. The smallest absolute Gasteiger partial charge is 0.267 e. The molecular weight excluding hydrogens is 352 g/mol. The van der Waals surface area contributed by atoms with Crippen LogP contribution >= 0.6 is 0 Å². The average molecular weight is 383 g/mol. The number of carbonyl (C=O) groups excluding carboxylic acids is 2. The predicted molar refractivity (Wildman–Crippen MR) is 111 cm³/mol. The Labute approximate surface area is 167 Å². The highest BCUT2D eigenvalue weighted by molar-refractivity contribution is 5.90. The molecule has 0 atom stereocenters. The second kappa shape index (κ2) is 11.2. The molecule has 0 aromatic carbocycles. The Morgan fingerprint density at radius 1 is 1.18 bits per heavy atom. The first-order chi connectivity index (χ1) is 13.5. The van der Waals surface area contributed by atoms with Crippen LogP contribution in [0.4, 0.5) is 5.82 Å². The summed E-state index contributed by atoms with van der Waals surface area (Å²) in [5, 5.41) is 0. The number of nitrogens with two attached hydrogens (primary N) is 1. The summed E-state index contributed by atoms with van der Waals surface area (Å²) in [6.07, 6.45) is 10.6. The Hall–Kier alpha value is -2.76. The van der Waals surface area contributed by atoms with Crippen LogP contribution in [0.25, 0.3) is 0 Å². The predicted octanol–water partition coefficient (Wildman–Crippen LogP) is 3.81. The molecule has 0 spiro atoms. The Bertz CT molecular complexity index is 755. The third-order valence-electron chi connectivity index (χ3n) is 4.96. The van der Waals surface area contributed by atoms with Gasteiger partial charge in [-0.25, -0.2) is 9.97 Å². The molecular formula is C22H30N4O2. The fraction of sp³-hybridized carbons (Fsp3) is 0.455. The van der Waals surface area contributed by atoms with E-state index in [0.717, 1.165) is 42.4 Å². The molecule has 6 nitrogen and oxygen atoms in total. The highest BCUT2D eigenvalue weighted by Crippen LogP contribution is 2.26. The minimum absolute atomic E-state index is 0.319. The minimum Gasteiger partial charge on any atom is -0.364 e. The lowest BCUT2D eigenvalue weighted by Crippen LogP contribution is -2.25. The highest BCUT2D eigenvalue weighted by atomic mass is 16.1. The van der Waals surface area contributed by atoms with Crippen LogP contribution in [-0.2, 0) is 4.79 Å². The topological polar surface area (TPSA) is 89.2 Å². The summed E-state index contributed by atoms with van der Waals surface area (Å²) in [7, 11) is 0. The van der Waals surface area contributed by atoms with Crippen molar-refractivity contribution in [2.24, 2.45) is 11.7 Å². The SMILES string of the molecule is Cc1ccc(N(C=O)CCC2CCCCC2)nc1.Cc1cccc(C(N)=O)n1. The number of nitrogens with zero attached hydrogens (tertiary/aromatic N) is 3. The molecule has 6 heteroatoms. The maximum Gasteiger partial charge on any atom is 0.267 e. The van der Waals surface area contributed by atoms with Crippen LogP contribution in [0.15, 0.2) is 36.5 Å². The molecule has 1 aliphatic rings. The monoisotopic (exact) mass is 382 g/mol. The van der Waals surface area contributed by atoms with Gasteiger partial charge in [0.1, 0.15) is 11.5 Å². The summed E-state index contributed by atoms with van der Waals surface area (Å²) in [6, 6.07) is 9.08. The van der Waals surface area contributed by atoms with Gasteiger partial charge in [-0.15, -0.1) is 0 Å². The number of aryl methyl sites for hydroxylation is 2. The van der Waals surface area contributed by atoms with Crippen LogP contribution in [-0.4, -0.2) is 28.8 Å². The molecule has 2 aromatic rings. The summed E-state index contributed by atoms with van der Waals surface area (Å²) < 4.78 is 0. The lowest BCUT2D eigenvalue weighted by molar-refractivity contribution is -0.107. The van der Waals surface area contributed by atoms with Crippen molar-refractivity contribution in [3.63, 3.8) is 0 Å². The molecule has 2 N–H and O–H groups in total. The lowest BCUT2D eigenvalue weighted by Gasteiger charge is -2.24. The normalized spacial score (nSPS) is 13.9. The fourth-order valence-electron chi connectivity index (χ4n) is 3.33. The van der Waals surface area contributed by atoms with Crippen molar-refractivity contribution in [3.8, 4) is 0 Å². The van der Waals surface area contributed by atoms with Crippen molar-refractivity contribution in [3.05, 3.63) is 53.5 Å². The number of hydrogen-bond acceptors (Lipinski definition) is 4. The van der Waals surface area contributed by atoms with Crippen LogP contribution in [0.3, 0.4) is 0 Å². The van der Waals surface area contributed by atoms with Crippen LogP contribution in [0, 0.1) is 19.8 Å². The van der Waals surface area contributed by atoms with Crippen LogP contribution in [0.5, 0.6) is 0 Å². The second-order valence-corrected chi connectivity index (χ2v) is 7.31. The zero-order valence-corrected chi connectivity index (χ0v) is 16.8. The van der Waals surface area contributed by atoms with Gasteiger partial charge in [-0.1, -0.05) is 44.2 Å². The zero-order valence-electron chi connectivity index (χ0n) is 16.8. The first kappa shape index (κ1) is 21.5. The number of primary amides is 1. The number of carbonyl (C=O) groups is 2. The molecule has 28 heavy (non-hydrogen) atoms. The lowest BCUT2D eigenvalue weighted by atomic mass is 9.87. The summed E-state index contributed by atoms with van der Waals surface area (Å²) in [5.74, 6) is 1.08. The largest absolute Gasteiger partial charge is 0.364 e. The zero-order chi connectivity index (χ0) is 20.4. The van der Waals surface area contributed by atoms with E-state index in [1.165, 1.54) is 32.1 Å². The molecule has 0 unspecified atom stereocenters. The van der Waals surface area contributed by atoms with Gasteiger partial charge >= 0.3 is 0 Å². The summed E-state index contributed by atoms with van der Waals surface area (Å²) in [6.45, 7) is 4.61. The van der Waals surface area contributed by atoms with Crippen molar-refractivity contribution in [2.45, 2.75) is 52.4 Å². The second-order valence-electron chi connectivity index (χ2n) is 7.31. The number of anilines is 1. The Morgan fingerprint density at radius 2 is 1.93 bits per heavy atom. The van der Waals surface area contributed by atoms with Gasteiger partial charge in [-0.2, -0.15) is 0 Å². The van der Waals surface area contributed by atoms with E-state index in [2.05, 4.69) is 9.97 Å². The molecule has 0 radical (unpaired) electrons. The summed E-state index contributed by atoms with van der Waals surface area (Å²) in [5.41, 5.74) is 7.22. The fourth-order valence-corrected chi connectivity index (χ4v) is 3.33. The van der Waals surface area contributed by atoms with Gasteiger partial charge in [0.25, 0.3) is 5.91 Å². The number of rotatable bonds is 6. The molecule has 1 aliphatic carbocycles. The van der Waals surface area contributed by atoms with E-state index < -0.39 is 5.91 Å². The molecule has 0 aliphatic heterocycles. The van der Waals surface area contributed by atoms with Gasteiger partial charge in [0.05, 0.1) is 0 Å². The summed E-state index contributed by atoms with van der Waals surface area (Å²) in [4.78, 5) is 31.6. The van der Waals surface area contributed by atoms with Gasteiger partial charge in [-0.05, 0) is 49.9 Å². The van der Waals surface area contributed by atoms with Crippen molar-refractivity contribution in [1.29, 1.82) is 0 Å². The van der Waals surface area contributed by atoms with E-state index in [9.17, 15) is 9.59 Å². The number of hydrogen-bond donors (Lipinski definition) is 1. The van der Waals surface area contributed by atoms with Crippen molar-refractivity contribution in [2.75, 3.05) is 11.4 Å². The van der Waals surface area contributed by atoms with Gasteiger partial charge in [0.2, 0.25) is 6.41 Å². The average Bonchev–Trinajstić information content (AvgIpc) is 2.71. The molecule has 2 amide bonds.